The maximum absolute atomic E-state index is 13.2. The molecular formula is C15H14Cl2FN. The molecule has 2 aromatic rings. The Balaban J connectivity index is 2.07. The number of alkyl halides is 1. The Hall–Kier alpha value is -1.12. The molecule has 0 aliphatic carbocycles. The number of aromatic nitrogens is 1. The van der Waals surface area contributed by atoms with Crippen LogP contribution in [0.2, 0.25) is 5.02 Å². The lowest BCUT2D eigenvalue weighted by Crippen LogP contribution is -2.10. The highest BCUT2D eigenvalue weighted by Crippen LogP contribution is 2.21. The second kappa shape index (κ2) is 6.88. The normalized spacial score (nSPS) is 12.4. The summed E-state index contributed by atoms with van der Waals surface area (Å²) in [6.07, 6.45) is 4.85. The molecule has 19 heavy (non-hydrogen) atoms. The fraction of sp³-hybridized carbons (Fsp3) is 0.267. The van der Waals surface area contributed by atoms with Crippen LogP contribution in [-0.2, 0) is 12.8 Å². The number of halogens is 3. The number of rotatable bonds is 5. The molecule has 0 N–H and O–H groups in total. The zero-order valence-corrected chi connectivity index (χ0v) is 11.8. The highest BCUT2D eigenvalue weighted by Gasteiger charge is 2.12. The van der Waals surface area contributed by atoms with E-state index in [4.69, 9.17) is 23.2 Å². The van der Waals surface area contributed by atoms with Gasteiger partial charge in [-0.25, -0.2) is 4.39 Å². The van der Waals surface area contributed by atoms with Crippen molar-refractivity contribution in [2.45, 2.75) is 12.8 Å². The predicted octanol–water partition coefficient (Wildman–Crippen LogP) is 4.51. The zero-order valence-electron chi connectivity index (χ0n) is 10.3. The first kappa shape index (κ1) is 14.3. The first-order chi connectivity index (χ1) is 9.19. The number of nitrogens with zero attached hydrogens (tertiary/aromatic N) is 1. The fourth-order valence-corrected chi connectivity index (χ4v) is 2.47. The van der Waals surface area contributed by atoms with Crippen LogP contribution in [0.15, 0.2) is 42.7 Å². The van der Waals surface area contributed by atoms with Gasteiger partial charge in [0, 0.05) is 18.3 Å². The van der Waals surface area contributed by atoms with Gasteiger partial charge in [0.2, 0.25) is 0 Å². The monoisotopic (exact) mass is 297 g/mol. The van der Waals surface area contributed by atoms with Crippen LogP contribution in [0, 0.1) is 11.7 Å². The predicted molar refractivity (Wildman–Crippen MR) is 77.3 cm³/mol. The van der Waals surface area contributed by atoms with Crippen LogP contribution >= 0.6 is 23.2 Å². The van der Waals surface area contributed by atoms with Gasteiger partial charge in [-0.3, -0.25) is 4.98 Å². The first-order valence-corrected chi connectivity index (χ1v) is 6.99. The largest absolute Gasteiger partial charge is 0.263 e. The van der Waals surface area contributed by atoms with Gasteiger partial charge < -0.3 is 0 Å². The molecular weight excluding hydrogens is 284 g/mol. The summed E-state index contributed by atoms with van der Waals surface area (Å²) in [7, 11) is 0. The Morgan fingerprint density at radius 3 is 2.74 bits per heavy atom. The van der Waals surface area contributed by atoms with Crippen molar-refractivity contribution in [2.24, 2.45) is 5.92 Å². The quantitative estimate of drug-likeness (QED) is 0.740. The van der Waals surface area contributed by atoms with E-state index in [0.717, 1.165) is 24.0 Å². The Kier molecular flexibility index (Phi) is 5.17. The van der Waals surface area contributed by atoms with Crippen LogP contribution in [0.3, 0.4) is 0 Å². The van der Waals surface area contributed by atoms with Gasteiger partial charge in [-0.1, -0.05) is 23.7 Å². The van der Waals surface area contributed by atoms with Crippen LogP contribution in [0.1, 0.15) is 11.1 Å². The van der Waals surface area contributed by atoms with E-state index in [2.05, 4.69) is 4.98 Å². The van der Waals surface area contributed by atoms with Gasteiger partial charge in [-0.05, 0) is 48.1 Å². The van der Waals surface area contributed by atoms with Crippen molar-refractivity contribution in [2.75, 3.05) is 5.88 Å². The molecule has 0 saturated carbocycles. The van der Waals surface area contributed by atoms with Crippen molar-refractivity contribution in [1.82, 2.24) is 4.98 Å². The summed E-state index contributed by atoms with van der Waals surface area (Å²) in [4.78, 5) is 3.96. The molecule has 0 spiro atoms. The smallest absolute Gasteiger partial charge is 0.123 e. The lowest BCUT2D eigenvalue weighted by Gasteiger charge is -2.14. The molecule has 1 unspecified atom stereocenters. The van der Waals surface area contributed by atoms with E-state index >= 15 is 0 Å². The minimum absolute atomic E-state index is 0.215. The van der Waals surface area contributed by atoms with E-state index in [-0.39, 0.29) is 11.7 Å². The minimum atomic E-state index is -0.215. The highest BCUT2D eigenvalue weighted by atomic mass is 35.5. The molecule has 0 bridgehead atoms. The van der Waals surface area contributed by atoms with Gasteiger partial charge in [0.05, 0.1) is 5.02 Å². The van der Waals surface area contributed by atoms with Gasteiger partial charge in [-0.2, -0.15) is 0 Å². The number of hydrogen-bond donors (Lipinski definition) is 0. The number of hydrogen-bond acceptors (Lipinski definition) is 1. The lowest BCUT2D eigenvalue weighted by molar-refractivity contribution is 0.576. The molecule has 0 aliphatic rings. The maximum Gasteiger partial charge on any atom is 0.123 e. The van der Waals surface area contributed by atoms with Crippen LogP contribution < -0.4 is 0 Å². The Morgan fingerprint density at radius 2 is 2.05 bits per heavy atom. The van der Waals surface area contributed by atoms with Gasteiger partial charge >= 0.3 is 0 Å². The van der Waals surface area contributed by atoms with Gasteiger partial charge in [0.15, 0.2) is 0 Å². The molecule has 0 aliphatic heterocycles. The van der Waals surface area contributed by atoms with Gasteiger partial charge in [0.1, 0.15) is 5.82 Å². The average molecular weight is 298 g/mol. The van der Waals surface area contributed by atoms with Crippen molar-refractivity contribution in [1.29, 1.82) is 0 Å². The molecule has 0 amide bonds. The highest BCUT2D eigenvalue weighted by molar-refractivity contribution is 6.31. The summed E-state index contributed by atoms with van der Waals surface area (Å²) >= 11 is 12.1. The average Bonchev–Trinajstić information content (AvgIpc) is 2.40. The van der Waals surface area contributed by atoms with Crippen molar-refractivity contribution in [3.05, 3.63) is 64.7 Å². The fourth-order valence-electron chi connectivity index (χ4n) is 2.06. The Bertz CT molecular complexity index is 545. The molecule has 100 valence electrons. The molecule has 1 aromatic heterocycles. The Morgan fingerprint density at radius 1 is 1.21 bits per heavy atom. The summed E-state index contributed by atoms with van der Waals surface area (Å²) in [5.41, 5.74) is 1.98. The van der Waals surface area contributed by atoms with E-state index in [1.165, 1.54) is 6.07 Å². The molecule has 2 rings (SSSR count). The third kappa shape index (κ3) is 4.19. The molecule has 0 radical (unpaired) electrons. The lowest BCUT2D eigenvalue weighted by atomic mass is 9.94. The van der Waals surface area contributed by atoms with E-state index in [9.17, 15) is 4.39 Å². The van der Waals surface area contributed by atoms with Crippen molar-refractivity contribution < 1.29 is 4.39 Å². The van der Waals surface area contributed by atoms with Crippen LogP contribution in [0.4, 0.5) is 4.39 Å². The standard InChI is InChI=1S/C15H14Cl2FN/c16-9-12(6-11-2-1-3-14(18)8-11)7-13-4-5-19-10-15(13)17/h1-5,8,10,12H,6-7,9H2. The van der Waals surface area contributed by atoms with Crippen molar-refractivity contribution in [3.63, 3.8) is 0 Å². The third-order valence-electron chi connectivity index (χ3n) is 3.00. The third-order valence-corrected chi connectivity index (χ3v) is 3.77. The van der Waals surface area contributed by atoms with Crippen molar-refractivity contribution >= 4 is 23.2 Å². The Labute approximate surface area is 122 Å². The molecule has 0 fully saturated rings. The van der Waals surface area contributed by atoms with E-state index < -0.39 is 0 Å². The van der Waals surface area contributed by atoms with Crippen LogP contribution in [-0.4, -0.2) is 10.9 Å². The molecule has 1 heterocycles. The van der Waals surface area contributed by atoms with Crippen LogP contribution in [0.25, 0.3) is 0 Å². The minimum Gasteiger partial charge on any atom is -0.263 e. The van der Waals surface area contributed by atoms with E-state index in [1.807, 2.05) is 12.1 Å². The zero-order chi connectivity index (χ0) is 13.7. The SMILES string of the molecule is Fc1cccc(CC(CCl)Cc2ccncc2Cl)c1. The second-order valence-corrected chi connectivity index (χ2v) is 5.24. The first-order valence-electron chi connectivity index (χ1n) is 6.08. The summed E-state index contributed by atoms with van der Waals surface area (Å²) in [6.45, 7) is 0. The van der Waals surface area contributed by atoms with Gasteiger partial charge in [0.25, 0.3) is 0 Å². The topological polar surface area (TPSA) is 12.9 Å². The number of benzene rings is 1. The molecule has 1 nitrogen and oxygen atoms in total. The van der Waals surface area contributed by atoms with E-state index in [1.54, 1.807) is 24.5 Å². The van der Waals surface area contributed by atoms with Crippen LogP contribution in [0.5, 0.6) is 0 Å². The summed E-state index contributed by atoms with van der Waals surface area (Å²) in [5, 5.41) is 0.650. The number of pyridine rings is 1. The van der Waals surface area contributed by atoms with E-state index in [0.29, 0.717) is 10.9 Å². The summed E-state index contributed by atoms with van der Waals surface area (Å²) in [6, 6.07) is 8.52. The maximum atomic E-state index is 13.2. The van der Waals surface area contributed by atoms with Gasteiger partial charge in [-0.15, -0.1) is 11.6 Å². The molecule has 4 heteroatoms. The van der Waals surface area contributed by atoms with Crippen molar-refractivity contribution in [3.8, 4) is 0 Å². The molecule has 1 aromatic carbocycles. The summed E-state index contributed by atoms with van der Waals surface area (Å²) < 4.78 is 13.2. The molecule has 1 atom stereocenters. The summed E-state index contributed by atoms with van der Waals surface area (Å²) in [5.74, 6) is 0.519. The molecule has 0 saturated heterocycles. The second-order valence-electron chi connectivity index (χ2n) is 4.53.